The maximum absolute atomic E-state index is 11.4. The summed E-state index contributed by atoms with van der Waals surface area (Å²) in [5.41, 5.74) is 0. The van der Waals surface area contributed by atoms with Crippen LogP contribution >= 0.6 is 0 Å². The van der Waals surface area contributed by atoms with Gasteiger partial charge < -0.3 is 20.8 Å². The van der Waals surface area contributed by atoms with Gasteiger partial charge in [-0.15, -0.1) is 12.3 Å². The van der Waals surface area contributed by atoms with Crippen LogP contribution in [0.3, 0.4) is 0 Å². The molecule has 0 saturated carbocycles. The van der Waals surface area contributed by atoms with E-state index in [0.29, 0.717) is 12.8 Å². The molecule has 0 radical (unpaired) electrons. The summed E-state index contributed by atoms with van der Waals surface area (Å²) >= 11 is 0. The first-order valence-corrected chi connectivity index (χ1v) is 5.39. The Kier molecular flexibility index (Phi) is 7.55. The highest BCUT2D eigenvalue weighted by molar-refractivity contribution is 5.82. The van der Waals surface area contributed by atoms with E-state index in [9.17, 15) is 9.59 Å². The van der Waals surface area contributed by atoms with Crippen LogP contribution in [0.25, 0.3) is 0 Å². The molecule has 0 saturated heterocycles. The molecule has 0 aromatic carbocycles. The minimum Gasteiger partial charge on any atom is -0.480 e. The molecule has 4 N–H and O–H groups in total. The first kappa shape index (κ1) is 15.3. The number of urea groups is 1. The quantitative estimate of drug-likeness (QED) is 0.469. The normalized spacial score (nSPS) is 13.2. The highest BCUT2D eigenvalue weighted by atomic mass is 16.4. The molecule has 1 unspecified atom stereocenters. The Morgan fingerprint density at radius 2 is 2.06 bits per heavy atom. The monoisotopic (exact) mass is 242 g/mol. The minimum atomic E-state index is -1.18. The number of hydrogen-bond acceptors (Lipinski definition) is 3. The summed E-state index contributed by atoms with van der Waals surface area (Å²) < 4.78 is 0. The Morgan fingerprint density at radius 1 is 1.41 bits per heavy atom. The van der Waals surface area contributed by atoms with Crippen molar-refractivity contribution in [2.24, 2.45) is 0 Å². The number of amides is 2. The fraction of sp³-hybridized carbons (Fsp3) is 0.636. The van der Waals surface area contributed by atoms with E-state index in [-0.39, 0.29) is 19.1 Å². The molecule has 0 aromatic heterocycles. The second kappa shape index (κ2) is 8.42. The van der Waals surface area contributed by atoms with Crippen LogP contribution < -0.4 is 10.6 Å². The standard InChI is InChI=1S/C11H18N2O4/c1-3-5-8(4-2)12-11(17)13-9(6-7-14)10(15)16/h1,8-9,14H,4-7H2,2H3,(H,15,16)(H2,12,13,17)/t8?,9-/m1/s1. The minimum absolute atomic E-state index is 0.0331. The van der Waals surface area contributed by atoms with Crippen molar-refractivity contribution in [2.45, 2.75) is 38.3 Å². The molecule has 0 fully saturated rings. The van der Waals surface area contributed by atoms with Crippen LogP contribution in [0.1, 0.15) is 26.2 Å². The number of terminal acetylenes is 1. The lowest BCUT2D eigenvalue weighted by molar-refractivity contribution is -0.139. The highest BCUT2D eigenvalue weighted by Gasteiger charge is 2.20. The molecule has 0 heterocycles. The average Bonchev–Trinajstić information content (AvgIpc) is 2.27. The molecule has 0 aliphatic heterocycles. The average molecular weight is 242 g/mol. The SMILES string of the molecule is C#CCC(CC)NC(=O)N[C@H](CCO)C(=O)O. The molecule has 2 atom stereocenters. The molecule has 6 nitrogen and oxygen atoms in total. The zero-order valence-electron chi connectivity index (χ0n) is 9.77. The highest BCUT2D eigenvalue weighted by Crippen LogP contribution is 1.97. The first-order chi connectivity index (χ1) is 8.04. The van der Waals surface area contributed by atoms with Gasteiger partial charge in [-0.25, -0.2) is 9.59 Å². The lowest BCUT2D eigenvalue weighted by Crippen LogP contribution is -2.49. The van der Waals surface area contributed by atoms with Crippen molar-refractivity contribution in [1.82, 2.24) is 10.6 Å². The van der Waals surface area contributed by atoms with Crippen LogP contribution in [0.5, 0.6) is 0 Å². The Morgan fingerprint density at radius 3 is 2.47 bits per heavy atom. The number of aliphatic hydroxyl groups excluding tert-OH is 1. The maximum Gasteiger partial charge on any atom is 0.326 e. The van der Waals surface area contributed by atoms with Crippen molar-refractivity contribution >= 4 is 12.0 Å². The Bertz CT molecular complexity index is 298. The molecule has 2 amide bonds. The predicted molar refractivity (Wildman–Crippen MR) is 62.3 cm³/mol. The van der Waals surface area contributed by atoms with E-state index in [1.54, 1.807) is 0 Å². The summed E-state index contributed by atoms with van der Waals surface area (Å²) in [7, 11) is 0. The summed E-state index contributed by atoms with van der Waals surface area (Å²) in [4.78, 5) is 22.2. The molecule has 0 aromatic rings. The lowest BCUT2D eigenvalue weighted by Gasteiger charge is -2.18. The van der Waals surface area contributed by atoms with Gasteiger partial charge in [0.15, 0.2) is 0 Å². The zero-order valence-corrected chi connectivity index (χ0v) is 9.77. The van der Waals surface area contributed by atoms with Crippen molar-refractivity contribution in [3.63, 3.8) is 0 Å². The van der Waals surface area contributed by atoms with E-state index < -0.39 is 18.0 Å². The molecule has 0 rings (SSSR count). The Labute approximate surface area is 100 Å². The molecule has 0 bridgehead atoms. The number of carbonyl (C=O) groups excluding carboxylic acids is 1. The third-order valence-electron chi connectivity index (χ3n) is 2.21. The van der Waals surface area contributed by atoms with E-state index in [0.717, 1.165) is 0 Å². The van der Waals surface area contributed by atoms with Crippen LogP contribution in [0.2, 0.25) is 0 Å². The van der Waals surface area contributed by atoms with Crippen molar-refractivity contribution < 1.29 is 19.8 Å². The van der Waals surface area contributed by atoms with Gasteiger partial charge in [-0.2, -0.15) is 0 Å². The number of nitrogens with one attached hydrogen (secondary N) is 2. The lowest BCUT2D eigenvalue weighted by atomic mass is 10.1. The van der Waals surface area contributed by atoms with E-state index >= 15 is 0 Å². The molecule has 0 aliphatic rings. The molecule has 6 heteroatoms. The number of carboxylic acids is 1. The van der Waals surface area contributed by atoms with Crippen LogP contribution in [-0.2, 0) is 4.79 Å². The molecule has 96 valence electrons. The first-order valence-electron chi connectivity index (χ1n) is 5.39. The fourth-order valence-corrected chi connectivity index (χ4v) is 1.21. The van der Waals surface area contributed by atoms with Gasteiger partial charge in [0.25, 0.3) is 0 Å². The molecule has 17 heavy (non-hydrogen) atoms. The van der Waals surface area contributed by atoms with E-state index in [1.165, 1.54) is 0 Å². The summed E-state index contributed by atoms with van der Waals surface area (Å²) in [6, 6.07) is -1.86. The number of hydrogen-bond donors (Lipinski definition) is 4. The van der Waals surface area contributed by atoms with Gasteiger partial charge in [-0.1, -0.05) is 6.92 Å². The van der Waals surface area contributed by atoms with Gasteiger partial charge in [-0.3, -0.25) is 0 Å². The summed E-state index contributed by atoms with van der Waals surface area (Å²) in [5, 5.41) is 22.2. The number of rotatable bonds is 7. The van der Waals surface area contributed by atoms with Crippen LogP contribution in [0, 0.1) is 12.3 Å². The summed E-state index contributed by atoms with van der Waals surface area (Å²) in [5.74, 6) is 1.25. The van der Waals surface area contributed by atoms with Crippen LogP contribution in [-0.4, -0.2) is 40.9 Å². The Balaban J connectivity index is 4.22. The van der Waals surface area contributed by atoms with E-state index in [2.05, 4.69) is 16.6 Å². The number of aliphatic hydroxyl groups is 1. The van der Waals surface area contributed by atoms with Crippen LogP contribution in [0.4, 0.5) is 4.79 Å². The van der Waals surface area contributed by atoms with E-state index in [4.69, 9.17) is 16.6 Å². The summed E-state index contributed by atoms with van der Waals surface area (Å²) in [6.07, 6.45) is 6.15. The number of aliphatic carboxylic acids is 1. The van der Waals surface area contributed by atoms with Gasteiger partial charge in [-0.05, 0) is 6.42 Å². The van der Waals surface area contributed by atoms with E-state index in [1.807, 2.05) is 6.92 Å². The Hall–Kier alpha value is -1.74. The largest absolute Gasteiger partial charge is 0.480 e. The van der Waals surface area contributed by atoms with Gasteiger partial charge in [0.1, 0.15) is 6.04 Å². The van der Waals surface area contributed by atoms with Crippen molar-refractivity contribution in [1.29, 1.82) is 0 Å². The second-order valence-electron chi connectivity index (χ2n) is 3.53. The smallest absolute Gasteiger partial charge is 0.326 e. The molecular weight excluding hydrogens is 224 g/mol. The van der Waals surface area contributed by atoms with Gasteiger partial charge in [0.2, 0.25) is 0 Å². The number of carbonyl (C=O) groups is 2. The van der Waals surface area contributed by atoms with Gasteiger partial charge in [0, 0.05) is 25.5 Å². The maximum atomic E-state index is 11.4. The third kappa shape index (κ3) is 6.43. The summed E-state index contributed by atoms with van der Waals surface area (Å²) in [6.45, 7) is 1.56. The fourth-order valence-electron chi connectivity index (χ4n) is 1.21. The second-order valence-corrected chi connectivity index (χ2v) is 3.53. The van der Waals surface area contributed by atoms with Gasteiger partial charge >= 0.3 is 12.0 Å². The molecular formula is C11H18N2O4. The topological polar surface area (TPSA) is 98.7 Å². The molecule has 0 aliphatic carbocycles. The van der Waals surface area contributed by atoms with Crippen molar-refractivity contribution in [2.75, 3.05) is 6.61 Å². The zero-order chi connectivity index (χ0) is 13.3. The number of carboxylic acid groups (broad SMARTS) is 1. The van der Waals surface area contributed by atoms with Gasteiger partial charge in [0.05, 0.1) is 0 Å². The van der Waals surface area contributed by atoms with Crippen LogP contribution in [0.15, 0.2) is 0 Å². The molecule has 0 spiro atoms. The van der Waals surface area contributed by atoms with Crippen molar-refractivity contribution in [3.05, 3.63) is 0 Å². The van der Waals surface area contributed by atoms with Crippen molar-refractivity contribution in [3.8, 4) is 12.3 Å². The predicted octanol–water partition coefficient (Wildman–Crippen LogP) is -0.0769. The third-order valence-corrected chi connectivity index (χ3v) is 2.21.